The summed E-state index contributed by atoms with van der Waals surface area (Å²) in [6.07, 6.45) is 9.15. The van der Waals surface area contributed by atoms with Gasteiger partial charge in [0.05, 0.1) is 31.0 Å². The molecule has 8 nitrogen and oxygen atoms in total. The van der Waals surface area contributed by atoms with E-state index in [0.29, 0.717) is 22.0 Å². The van der Waals surface area contributed by atoms with Crippen LogP contribution >= 0.6 is 23.1 Å². The fraction of sp³-hybridized carbons (Fsp3) is 0.241. The van der Waals surface area contributed by atoms with Crippen molar-refractivity contribution in [2.45, 2.75) is 30.8 Å². The summed E-state index contributed by atoms with van der Waals surface area (Å²) in [6.45, 7) is 0. The van der Waals surface area contributed by atoms with E-state index >= 15 is 0 Å². The van der Waals surface area contributed by atoms with Crippen molar-refractivity contribution in [1.82, 2.24) is 15.0 Å². The molecule has 2 aromatic carbocycles. The number of nitrogens with one attached hydrogen (secondary N) is 1. The fourth-order valence-corrected chi connectivity index (χ4v) is 6.62. The number of nitrogens with zero attached hydrogens (tertiary/aromatic N) is 3. The summed E-state index contributed by atoms with van der Waals surface area (Å²) in [4.78, 5) is 33.2. The normalized spacial score (nSPS) is 13.2. The highest BCUT2D eigenvalue weighted by molar-refractivity contribution is 7.99. The summed E-state index contributed by atoms with van der Waals surface area (Å²) in [5, 5.41) is 5.16. The molecule has 1 aliphatic carbocycles. The number of hydrogen-bond acceptors (Lipinski definition) is 8. The van der Waals surface area contributed by atoms with E-state index in [-0.39, 0.29) is 17.2 Å². The van der Waals surface area contributed by atoms with Gasteiger partial charge in [-0.1, -0.05) is 30.0 Å². The van der Waals surface area contributed by atoms with Gasteiger partial charge in [0, 0.05) is 16.7 Å². The molecule has 5 rings (SSSR count). The van der Waals surface area contributed by atoms with E-state index in [1.54, 1.807) is 36.2 Å². The van der Waals surface area contributed by atoms with Crippen LogP contribution in [0, 0.1) is 0 Å². The first kappa shape index (κ1) is 26.7. The zero-order valence-corrected chi connectivity index (χ0v) is 23.3. The third-order valence-corrected chi connectivity index (χ3v) is 8.51. The van der Waals surface area contributed by atoms with E-state index in [9.17, 15) is 9.59 Å². The molecule has 4 aromatic rings. The molecule has 2 heterocycles. The lowest BCUT2D eigenvalue weighted by Crippen LogP contribution is -2.24. The predicted octanol–water partition coefficient (Wildman–Crippen LogP) is 5.25. The van der Waals surface area contributed by atoms with Crippen LogP contribution in [0.2, 0.25) is 0 Å². The van der Waals surface area contributed by atoms with E-state index < -0.39 is 0 Å². The van der Waals surface area contributed by atoms with Crippen molar-refractivity contribution >= 4 is 51.5 Å². The zero-order chi connectivity index (χ0) is 27.2. The average molecular weight is 561 g/mol. The topological polar surface area (TPSA) is 94.8 Å². The van der Waals surface area contributed by atoms with Crippen molar-refractivity contribution in [1.29, 1.82) is 0 Å². The number of ether oxygens (including phenoxy) is 2. The number of para-hydroxylation sites is 1. The van der Waals surface area contributed by atoms with Gasteiger partial charge in [0.1, 0.15) is 16.3 Å². The summed E-state index contributed by atoms with van der Waals surface area (Å²) in [5.74, 6) is 1.19. The Labute approximate surface area is 234 Å². The molecule has 0 saturated carbocycles. The second kappa shape index (κ2) is 12.3. The summed E-state index contributed by atoms with van der Waals surface area (Å²) >= 11 is 2.80. The smallest absolute Gasteiger partial charge is 0.267 e. The molecule has 2 aromatic heterocycles. The minimum Gasteiger partial charge on any atom is -0.497 e. The maximum absolute atomic E-state index is 13.8. The van der Waals surface area contributed by atoms with Gasteiger partial charge in [-0.25, -0.2) is 10.4 Å². The van der Waals surface area contributed by atoms with Crippen LogP contribution in [0.15, 0.2) is 69.7 Å². The number of amides is 1. The highest BCUT2D eigenvalue weighted by Crippen LogP contribution is 2.35. The van der Waals surface area contributed by atoms with Gasteiger partial charge < -0.3 is 9.47 Å². The first-order chi connectivity index (χ1) is 19.1. The minimum atomic E-state index is -0.303. The number of rotatable bonds is 9. The third-order valence-electron chi connectivity index (χ3n) is 6.39. The van der Waals surface area contributed by atoms with Crippen LogP contribution in [0.1, 0.15) is 28.8 Å². The quantitative estimate of drug-likeness (QED) is 0.130. The Bertz CT molecular complexity index is 1610. The Balaban J connectivity index is 1.35. The number of benzene rings is 2. The Morgan fingerprint density at radius 1 is 1.13 bits per heavy atom. The van der Waals surface area contributed by atoms with Gasteiger partial charge in [-0.05, 0) is 73.7 Å². The number of carbonyl (C=O) groups excluding carboxylic acids is 1. The summed E-state index contributed by atoms with van der Waals surface area (Å²) in [5.41, 5.74) is 5.14. The van der Waals surface area contributed by atoms with E-state index in [4.69, 9.17) is 14.5 Å². The van der Waals surface area contributed by atoms with E-state index in [2.05, 4.69) is 10.5 Å². The zero-order valence-electron chi connectivity index (χ0n) is 21.7. The number of thiophene rings is 1. The van der Waals surface area contributed by atoms with E-state index in [0.717, 1.165) is 47.4 Å². The molecular formula is C29H28N4O4S2. The molecule has 1 amide bonds. The van der Waals surface area contributed by atoms with Gasteiger partial charge in [-0.15, -0.1) is 11.3 Å². The summed E-state index contributed by atoms with van der Waals surface area (Å²) in [6, 6.07) is 14.9. The Morgan fingerprint density at radius 3 is 2.72 bits per heavy atom. The van der Waals surface area contributed by atoms with Crippen LogP contribution in [0.3, 0.4) is 0 Å². The van der Waals surface area contributed by atoms with Crippen molar-refractivity contribution in [2.75, 3.05) is 20.0 Å². The predicted molar refractivity (Wildman–Crippen MR) is 158 cm³/mol. The van der Waals surface area contributed by atoms with E-state index in [1.165, 1.54) is 22.9 Å². The van der Waals surface area contributed by atoms with Crippen LogP contribution in [0.5, 0.6) is 11.5 Å². The molecule has 0 aliphatic heterocycles. The molecule has 1 N–H and O–H groups in total. The van der Waals surface area contributed by atoms with Crippen LogP contribution in [0.25, 0.3) is 22.0 Å². The van der Waals surface area contributed by atoms with Crippen molar-refractivity contribution < 1.29 is 14.3 Å². The second-order valence-corrected chi connectivity index (χ2v) is 10.9. The number of thioether (sulfide) groups is 1. The molecule has 1 aliphatic rings. The van der Waals surface area contributed by atoms with Crippen LogP contribution in [-0.4, -0.2) is 41.6 Å². The third kappa shape index (κ3) is 5.91. The largest absolute Gasteiger partial charge is 0.497 e. The molecule has 39 heavy (non-hydrogen) atoms. The molecule has 0 bridgehead atoms. The average Bonchev–Trinajstić information content (AvgIpc) is 3.35. The lowest BCUT2D eigenvalue weighted by molar-refractivity contribution is -0.118. The number of fused-ring (bicyclic) bond motifs is 3. The highest BCUT2D eigenvalue weighted by Gasteiger charge is 2.23. The standard InChI is InChI=1S/C29H28N4O4S2/c1-36-21-15-13-20(14-16-21)33-28(35)26-22-10-4-6-12-24(22)39-27(26)31-29(33)38-18-25(34)32-30-17-7-9-19-8-3-5-11-23(19)37-2/h3,5,7-9,11,13-17H,4,6,10,12,18H2,1-2H3,(H,32,34). The molecule has 0 atom stereocenters. The molecule has 0 radical (unpaired) electrons. The first-order valence-corrected chi connectivity index (χ1v) is 14.4. The van der Waals surface area contributed by atoms with Gasteiger partial charge in [0.15, 0.2) is 5.16 Å². The maximum atomic E-state index is 13.8. The van der Waals surface area contributed by atoms with Crippen molar-refractivity contribution in [2.24, 2.45) is 5.10 Å². The molecule has 0 saturated heterocycles. The first-order valence-electron chi connectivity index (χ1n) is 12.5. The molecule has 0 spiro atoms. The van der Waals surface area contributed by atoms with Gasteiger partial charge >= 0.3 is 0 Å². The van der Waals surface area contributed by atoms with Gasteiger partial charge in [0.25, 0.3) is 11.5 Å². The SMILES string of the molecule is COc1ccc(-n2c(SCC(=O)NN=CC=Cc3ccccc3OC)nc3sc4c(c3c2=O)CCCC4)cc1. The molecule has 200 valence electrons. The van der Waals surface area contributed by atoms with Gasteiger partial charge in [-0.3, -0.25) is 14.2 Å². The number of carbonyl (C=O) groups is 1. The molecular weight excluding hydrogens is 532 g/mol. The Hall–Kier alpha value is -3.89. The van der Waals surface area contributed by atoms with Crippen molar-refractivity contribution in [3.63, 3.8) is 0 Å². The Kier molecular flexibility index (Phi) is 8.43. The highest BCUT2D eigenvalue weighted by atomic mass is 32.2. The molecule has 0 unspecified atom stereocenters. The number of aromatic nitrogens is 2. The van der Waals surface area contributed by atoms with Crippen molar-refractivity contribution in [3.05, 3.63) is 81.0 Å². The lowest BCUT2D eigenvalue weighted by atomic mass is 9.97. The van der Waals surface area contributed by atoms with Crippen LogP contribution in [0.4, 0.5) is 0 Å². The van der Waals surface area contributed by atoms with Crippen LogP contribution < -0.4 is 20.5 Å². The van der Waals surface area contributed by atoms with Crippen LogP contribution in [-0.2, 0) is 17.6 Å². The number of allylic oxidation sites excluding steroid dienone is 1. The fourth-order valence-electron chi connectivity index (χ4n) is 4.51. The maximum Gasteiger partial charge on any atom is 0.267 e. The minimum absolute atomic E-state index is 0.0484. The summed E-state index contributed by atoms with van der Waals surface area (Å²) < 4.78 is 12.2. The monoisotopic (exact) mass is 560 g/mol. The Morgan fingerprint density at radius 2 is 1.92 bits per heavy atom. The number of methoxy groups -OCH3 is 2. The number of aryl methyl sites for hydroxylation is 2. The van der Waals surface area contributed by atoms with Gasteiger partial charge in [0.2, 0.25) is 0 Å². The van der Waals surface area contributed by atoms with E-state index in [1.807, 2.05) is 54.6 Å². The summed E-state index contributed by atoms with van der Waals surface area (Å²) in [7, 11) is 3.22. The van der Waals surface area contributed by atoms with Crippen molar-refractivity contribution in [3.8, 4) is 17.2 Å². The second-order valence-electron chi connectivity index (χ2n) is 8.83. The van der Waals surface area contributed by atoms with Gasteiger partial charge in [-0.2, -0.15) is 5.10 Å². The number of hydrazone groups is 1. The lowest BCUT2D eigenvalue weighted by Gasteiger charge is -2.14. The number of hydrogen-bond donors (Lipinski definition) is 1. The molecule has 0 fully saturated rings. The molecule has 10 heteroatoms.